The van der Waals surface area contributed by atoms with Crippen molar-refractivity contribution in [3.63, 3.8) is 0 Å². The SMILES string of the molecule is Cc1cccc(N2CC(C#N)OC2=O)c1. The number of hydrogen-bond donors (Lipinski definition) is 0. The topological polar surface area (TPSA) is 53.3 Å². The van der Waals surface area contributed by atoms with Crippen LogP contribution in [0.5, 0.6) is 0 Å². The smallest absolute Gasteiger partial charge is 0.415 e. The zero-order valence-corrected chi connectivity index (χ0v) is 8.30. The molecule has 1 amide bonds. The van der Waals surface area contributed by atoms with Gasteiger partial charge in [-0.1, -0.05) is 12.1 Å². The lowest BCUT2D eigenvalue weighted by atomic mass is 10.2. The number of carbonyl (C=O) groups excluding carboxylic acids is 1. The zero-order valence-electron chi connectivity index (χ0n) is 8.30. The van der Waals surface area contributed by atoms with Gasteiger partial charge < -0.3 is 4.74 Å². The zero-order chi connectivity index (χ0) is 10.8. The fourth-order valence-electron chi connectivity index (χ4n) is 1.54. The van der Waals surface area contributed by atoms with E-state index in [0.29, 0.717) is 6.54 Å². The number of rotatable bonds is 1. The summed E-state index contributed by atoms with van der Waals surface area (Å²) in [6.45, 7) is 2.26. The molecule has 4 nitrogen and oxygen atoms in total. The standard InChI is InChI=1S/C11H10N2O2/c1-8-3-2-4-9(5-8)13-7-10(6-12)15-11(13)14/h2-5,10H,7H2,1H3. The molecule has 0 aromatic heterocycles. The molecule has 0 saturated carbocycles. The number of aryl methyl sites for hydroxylation is 1. The number of amides is 1. The van der Waals surface area contributed by atoms with Gasteiger partial charge >= 0.3 is 6.09 Å². The fraction of sp³-hybridized carbons (Fsp3) is 0.273. The average molecular weight is 202 g/mol. The maximum absolute atomic E-state index is 11.4. The highest BCUT2D eigenvalue weighted by molar-refractivity contribution is 5.90. The first kappa shape index (κ1) is 9.53. The van der Waals surface area contributed by atoms with E-state index < -0.39 is 12.2 Å². The lowest BCUT2D eigenvalue weighted by Gasteiger charge is -2.12. The van der Waals surface area contributed by atoms with Gasteiger partial charge in [-0.2, -0.15) is 5.26 Å². The molecule has 0 aliphatic carbocycles. The second-order valence-electron chi connectivity index (χ2n) is 3.45. The molecule has 1 fully saturated rings. The molecule has 1 aromatic carbocycles. The summed E-state index contributed by atoms with van der Waals surface area (Å²) in [6.07, 6.45) is -1.11. The van der Waals surface area contributed by atoms with Gasteiger partial charge in [-0.05, 0) is 24.6 Å². The summed E-state index contributed by atoms with van der Waals surface area (Å²) < 4.78 is 4.84. The molecule has 1 aromatic rings. The Labute approximate surface area is 87.7 Å². The lowest BCUT2D eigenvalue weighted by Crippen LogP contribution is -2.24. The minimum absolute atomic E-state index is 0.304. The molecule has 1 heterocycles. The maximum atomic E-state index is 11.4. The van der Waals surface area contributed by atoms with Crippen molar-refractivity contribution in [3.05, 3.63) is 29.8 Å². The molecule has 1 aliphatic rings. The number of benzene rings is 1. The summed E-state index contributed by atoms with van der Waals surface area (Å²) in [4.78, 5) is 12.9. The Hall–Kier alpha value is -2.02. The summed E-state index contributed by atoms with van der Waals surface area (Å²) in [5.74, 6) is 0. The highest BCUT2D eigenvalue weighted by Crippen LogP contribution is 2.21. The molecule has 2 rings (SSSR count). The number of nitriles is 1. The number of carbonyl (C=O) groups is 1. The van der Waals surface area contributed by atoms with Crippen LogP contribution >= 0.6 is 0 Å². The largest absolute Gasteiger partial charge is 0.428 e. The van der Waals surface area contributed by atoms with Crippen LogP contribution in [-0.4, -0.2) is 18.7 Å². The highest BCUT2D eigenvalue weighted by atomic mass is 16.6. The van der Waals surface area contributed by atoms with Crippen molar-refractivity contribution in [2.75, 3.05) is 11.4 Å². The van der Waals surface area contributed by atoms with E-state index in [-0.39, 0.29) is 0 Å². The molecule has 0 radical (unpaired) electrons. The maximum Gasteiger partial charge on any atom is 0.415 e. The van der Waals surface area contributed by atoms with Crippen LogP contribution in [0.25, 0.3) is 0 Å². The molecule has 1 saturated heterocycles. The number of hydrogen-bond acceptors (Lipinski definition) is 3. The highest BCUT2D eigenvalue weighted by Gasteiger charge is 2.32. The summed E-state index contributed by atoms with van der Waals surface area (Å²) in [5, 5.41) is 8.65. The van der Waals surface area contributed by atoms with Gasteiger partial charge in [-0.3, -0.25) is 4.90 Å². The Morgan fingerprint density at radius 1 is 1.60 bits per heavy atom. The van der Waals surface area contributed by atoms with Crippen LogP contribution in [0.4, 0.5) is 10.5 Å². The van der Waals surface area contributed by atoms with Gasteiger partial charge in [-0.25, -0.2) is 4.79 Å². The van der Waals surface area contributed by atoms with Gasteiger partial charge in [-0.15, -0.1) is 0 Å². The first-order chi connectivity index (χ1) is 7.20. The Bertz CT molecular complexity index is 436. The first-order valence-corrected chi connectivity index (χ1v) is 4.65. The third kappa shape index (κ3) is 1.77. The van der Waals surface area contributed by atoms with Crippen LogP contribution in [0.2, 0.25) is 0 Å². The minimum atomic E-state index is -0.655. The van der Waals surface area contributed by atoms with Crippen LogP contribution in [0.3, 0.4) is 0 Å². The van der Waals surface area contributed by atoms with Crippen LogP contribution < -0.4 is 4.90 Å². The van der Waals surface area contributed by atoms with Gasteiger partial charge in [0.1, 0.15) is 6.07 Å². The molecule has 76 valence electrons. The van der Waals surface area contributed by atoms with E-state index in [1.54, 1.807) is 0 Å². The average Bonchev–Trinajstić information content (AvgIpc) is 2.60. The van der Waals surface area contributed by atoms with Crippen molar-refractivity contribution >= 4 is 11.8 Å². The fourth-order valence-corrected chi connectivity index (χ4v) is 1.54. The van der Waals surface area contributed by atoms with Crippen LogP contribution in [0, 0.1) is 18.3 Å². The number of nitrogens with zero attached hydrogens (tertiary/aromatic N) is 2. The van der Waals surface area contributed by atoms with Crippen molar-refractivity contribution in [1.29, 1.82) is 5.26 Å². The summed E-state index contributed by atoms with van der Waals surface area (Å²) in [5.41, 5.74) is 1.85. The Kier molecular flexibility index (Phi) is 2.30. The Morgan fingerprint density at radius 3 is 3.00 bits per heavy atom. The van der Waals surface area contributed by atoms with Crippen molar-refractivity contribution in [2.24, 2.45) is 0 Å². The van der Waals surface area contributed by atoms with Gasteiger partial charge in [0.05, 0.1) is 6.54 Å². The van der Waals surface area contributed by atoms with Gasteiger partial charge in [0.15, 0.2) is 0 Å². The quantitative estimate of drug-likeness (QED) is 0.698. The predicted molar refractivity (Wildman–Crippen MR) is 54.4 cm³/mol. The van der Waals surface area contributed by atoms with E-state index in [1.807, 2.05) is 37.3 Å². The van der Waals surface area contributed by atoms with Crippen LogP contribution in [0.1, 0.15) is 5.56 Å². The van der Waals surface area contributed by atoms with Crippen molar-refractivity contribution in [3.8, 4) is 6.07 Å². The molecular weight excluding hydrogens is 192 g/mol. The molecule has 1 unspecified atom stereocenters. The second kappa shape index (κ2) is 3.62. The van der Waals surface area contributed by atoms with E-state index in [0.717, 1.165) is 11.3 Å². The molecule has 0 spiro atoms. The minimum Gasteiger partial charge on any atom is -0.428 e. The molecule has 0 N–H and O–H groups in total. The predicted octanol–water partition coefficient (Wildman–Crippen LogP) is 1.84. The third-order valence-electron chi connectivity index (χ3n) is 2.27. The molecule has 15 heavy (non-hydrogen) atoms. The second-order valence-corrected chi connectivity index (χ2v) is 3.45. The van der Waals surface area contributed by atoms with E-state index in [9.17, 15) is 4.79 Å². The summed E-state index contributed by atoms with van der Waals surface area (Å²) >= 11 is 0. The van der Waals surface area contributed by atoms with E-state index in [4.69, 9.17) is 10.00 Å². The van der Waals surface area contributed by atoms with Crippen molar-refractivity contribution in [1.82, 2.24) is 0 Å². The Balaban J connectivity index is 2.26. The van der Waals surface area contributed by atoms with Gasteiger partial charge in [0, 0.05) is 5.69 Å². The van der Waals surface area contributed by atoms with E-state index in [1.165, 1.54) is 4.90 Å². The van der Waals surface area contributed by atoms with Gasteiger partial charge in [0.25, 0.3) is 0 Å². The first-order valence-electron chi connectivity index (χ1n) is 4.65. The van der Waals surface area contributed by atoms with Crippen molar-refractivity contribution < 1.29 is 9.53 Å². The number of anilines is 1. The van der Waals surface area contributed by atoms with E-state index in [2.05, 4.69) is 0 Å². The monoisotopic (exact) mass is 202 g/mol. The molecular formula is C11H10N2O2. The normalized spacial score (nSPS) is 19.9. The molecule has 4 heteroatoms. The number of ether oxygens (including phenoxy) is 1. The van der Waals surface area contributed by atoms with Crippen LogP contribution in [-0.2, 0) is 4.74 Å². The molecule has 0 bridgehead atoms. The number of cyclic esters (lactones) is 1. The van der Waals surface area contributed by atoms with Crippen LogP contribution in [0.15, 0.2) is 24.3 Å². The molecule has 1 aliphatic heterocycles. The molecule has 1 atom stereocenters. The Morgan fingerprint density at radius 2 is 2.40 bits per heavy atom. The summed E-state index contributed by atoms with van der Waals surface area (Å²) in [6, 6.07) is 9.46. The third-order valence-corrected chi connectivity index (χ3v) is 2.27. The lowest BCUT2D eigenvalue weighted by molar-refractivity contribution is 0.162. The van der Waals surface area contributed by atoms with E-state index >= 15 is 0 Å². The van der Waals surface area contributed by atoms with Crippen molar-refractivity contribution in [2.45, 2.75) is 13.0 Å². The summed E-state index contributed by atoms with van der Waals surface area (Å²) in [7, 11) is 0. The van der Waals surface area contributed by atoms with Gasteiger partial charge in [0.2, 0.25) is 6.10 Å².